The highest BCUT2D eigenvalue weighted by atomic mass is 16.5. The molecule has 4 heteroatoms. The van der Waals surface area contributed by atoms with Gasteiger partial charge in [-0.15, -0.1) is 0 Å². The van der Waals surface area contributed by atoms with Crippen molar-refractivity contribution in [1.29, 1.82) is 0 Å². The smallest absolute Gasteiger partial charge is 0.253 e. The average Bonchev–Trinajstić information content (AvgIpc) is 3.34. The first-order chi connectivity index (χ1) is 10.3. The van der Waals surface area contributed by atoms with Gasteiger partial charge in [0.1, 0.15) is 0 Å². The topological polar surface area (TPSA) is 38.8 Å². The molecule has 1 saturated heterocycles. The molecule has 4 rings (SSSR count). The predicted octanol–water partition coefficient (Wildman–Crippen LogP) is 2.86. The standard InChI is InChI=1S/C17H21NO3/c19-16(18-8-2-1-3-9-18)13-4-5-14-15(10-13)21-12-17(6-7-17)11-20-14/h4-5,10H,1-3,6-9,11-12H2. The van der Waals surface area contributed by atoms with Crippen LogP contribution in [0.3, 0.4) is 0 Å². The van der Waals surface area contributed by atoms with E-state index in [-0.39, 0.29) is 11.3 Å². The Morgan fingerprint density at radius 3 is 2.43 bits per heavy atom. The molecule has 1 amide bonds. The van der Waals surface area contributed by atoms with Crippen LogP contribution >= 0.6 is 0 Å². The van der Waals surface area contributed by atoms with E-state index in [4.69, 9.17) is 9.47 Å². The summed E-state index contributed by atoms with van der Waals surface area (Å²) in [5, 5.41) is 0. The van der Waals surface area contributed by atoms with Crippen molar-refractivity contribution in [2.24, 2.45) is 5.41 Å². The SMILES string of the molecule is O=C(c1ccc2c(c1)OCC1(CC1)CO2)N1CCCCC1. The van der Waals surface area contributed by atoms with Gasteiger partial charge in [0.15, 0.2) is 11.5 Å². The van der Waals surface area contributed by atoms with Crippen LogP contribution in [0.15, 0.2) is 18.2 Å². The summed E-state index contributed by atoms with van der Waals surface area (Å²) in [6.07, 6.45) is 5.81. The van der Waals surface area contributed by atoms with Crippen LogP contribution in [0.5, 0.6) is 11.5 Å². The fourth-order valence-electron chi connectivity index (χ4n) is 3.12. The number of piperidine rings is 1. The molecule has 1 spiro atoms. The number of benzene rings is 1. The minimum Gasteiger partial charge on any atom is -0.489 e. The second kappa shape index (κ2) is 4.93. The second-order valence-corrected chi connectivity index (χ2v) is 6.59. The summed E-state index contributed by atoms with van der Waals surface area (Å²) >= 11 is 0. The molecule has 21 heavy (non-hydrogen) atoms. The molecule has 0 radical (unpaired) electrons. The number of nitrogens with zero attached hydrogens (tertiary/aromatic N) is 1. The van der Waals surface area contributed by atoms with Gasteiger partial charge in [-0.2, -0.15) is 0 Å². The monoisotopic (exact) mass is 287 g/mol. The molecule has 112 valence electrons. The summed E-state index contributed by atoms with van der Waals surface area (Å²) in [6.45, 7) is 3.19. The molecule has 0 unspecified atom stereocenters. The Hall–Kier alpha value is -1.71. The van der Waals surface area contributed by atoms with E-state index in [1.807, 2.05) is 23.1 Å². The van der Waals surface area contributed by atoms with Gasteiger partial charge >= 0.3 is 0 Å². The summed E-state index contributed by atoms with van der Waals surface area (Å²) in [5.74, 6) is 1.61. The Balaban J connectivity index is 1.54. The lowest BCUT2D eigenvalue weighted by Gasteiger charge is -2.26. The zero-order valence-corrected chi connectivity index (χ0v) is 12.3. The molecular formula is C17H21NO3. The van der Waals surface area contributed by atoms with Gasteiger partial charge in [0, 0.05) is 24.1 Å². The number of carbonyl (C=O) groups is 1. The van der Waals surface area contributed by atoms with Gasteiger partial charge in [-0.05, 0) is 50.3 Å². The molecule has 0 bridgehead atoms. The minimum absolute atomic E-state index is 0.117. The van der Waals surface area contributed by atoms with E-state index in [1.54, 1.807) is 0 Å². The highest BCUT2D eigenvalue weighted by Crippen LogP contribution is 2.49. The van der Waals surface area contributed by atoms with Crippen molar-refractivity contribution in [2.75, 3.05) is 26.3 Å². The van der Waals surface area contributed by atoms with Crippen molar-refractivity contribution in [3.05, 3.63) is 23.8 Å². The number of rotatable bonds is 1. The summed E-state index contributed by atoms with van der Waals surface area (Å²) in [5.41, 5.74) is 0.946. The van der Waals surface area contributed by atoms with Crippen LogP contribution in [-0.4, -0.2) is 37.1 Å². The zero-order chi connectivity index (χ0) is 14.3. The Bertz CT molecular complexity index is 559. The van der Waals surface area contributed by atoms with Crippen LogP contribution in [0.2, 0.25) is 0 Å². The summed E-state index contributed by atoms with van der Waals surface area (Å²) in [6, 6.07) is 5.60. The second-order valence-electron chi connectivity index (χ2n) is 6.59. The number of hydrogen-bond donors (Lipinski definition) is 0. The summed E-state index contributed by atoms with van der Waals surface area (Å²) in [7, 11) is 0. The van der Waals surface area contributed by atoms with Gasteiger partial charge in [-0.25, -0.2) is 0 Å². The van der Waals surface area contributed by atoms with Gasteiger partial charge in [-0.3, -0.25) is 4.79 Å². The van der Waals surface area contributed by atoms with Crippen LogP contribution in [-0.2, 0) is 0 Å². The maximum atomic E-state index is 12.5. The van der Waals surface area contributed by atoms with E-state index in [0.717, 1.165) is 44.0 Å². The van der Waals surface area contributed by atoms with Crippen molar-refractivity contribution in [3.63, 3.8) is 0 Å². The maximum absolute atomic E-state index is 12.5. The minimum atomic E-state index is 0.117. The van der Waals surface area contributed by atoms with E-state index in [0.29, 0.717) is 12.2 Å². The average molecular weight is 287 g/mol. The molecule has 2 fully saturated rings. The third-order valence-electron chi connectivity index (χ3n) is 4.86. The van der Waals surface area contributed by atoms with Crippen LogP contribution in [0, 0.1) is 5.41 Å². The number of carbonyl (C=O) groups excluding carboxylic acids is 1. The number of fused-ring (bicyclic) bond motifs is 1. The zero-order valence-electron chi connectivity index (χ0n) is 12.3. The summed E-state index contributed by atoms with van der Waals surface area (Å²) < 4.78 is 11.8. The normalized spacial score (nSPS) is 22.8. The predicted molar refractivity (Wildman–Crippen MR) is 78.9 cm³/mol. The fourth-order valence-corrected chi connectivity index (χ4v) is 3.12. The highest BCUT2D eigenvalue weighted by Gasteiger charge is 2.46. The number of hydrogen-bond acceptors (Lipinski definition) is 3. The Morgan fingerprint density at radius 2 is 1.71 bits per heavy atom. The van der Waals surface area contributed by atoms with Crippen molar-refractivity contribution < 1.29 is 14.3 Å². The number of ether oxygens (including phenoxy) is 2. The van der Waals surface area contributed by atoms with Gasteiger partial charge in [0.25, 0.3) is 5.91 Å². The van der Waals surface area contributed by atoms with Crippen LogP contribution in [0.25, 0.3) is 0 Å². The molecule has 0 N–H and O–H groups in total. The molecule has 2 aliphatic heterocycles. The molecule has 3 aliphatic rings. The first kappa shape index (κ1) is 13.0. The molecule has 0 atom stereocenters. The van der Waals surface area contributed by atoms with E-state index in [9.17, 15) is 4.79 Å². The molecule has 1 saturated carbocycles. The Kier molecular flexibility index (Phi) is 3.05. The maximum Gasteiger partial charge on any atom is 0.253 e. The van der Waals surface area contributed by atoms with Gasteiger partial charge < -0.3 is 14.4 Å². The third-order valence-corrected chi connectivity index (χ3v) is 4.86. The molecule has 4 nitrogen and oxygen atoms in total. The molecule has 1 aliphatic carbocycles. The van der Waals surface area contributed by atoms with Crippen molar-refractivity contribution in [2.45, 2.75) is 32.1 Å². The third kappa shape index (κ3) is 2.47. The molecule has 1 aromatic carbocycles. The van der Waals surface area contributed by atoms with Crippen LogP contribution in [0.1, 0.15) is 42.5 Å². The molecular weight excluding hydrogens is 266 g/mol. The highest BCUT2D eigenvalue weighted by molar-refractivity contribution is 5.95. The van der Waals surface area contributed by atoms with E-state index in [2.05, 4.69) is 0 Å². The van der Waals surface area contributed by atoms with Gasteiger partial charge in [0.05, 0.1) is 13.2 Å². The van der Waals surface area contributed by atoms with Gasteiger partial charge in [-0.1, -0.05) is 0 Å². The largest absolute Gasteiger partial charge is 0.489 e. The Labute approximate surface area is 125 Å². The van der Waals surface area contributed by atoms with E-state index in [1.165, 1.54) is 19.3 Å². The lowest BCUT2D eigenvalue weighted by molar-refractivity contribution is 0.0724. The van der Waals surface area contributed by atoms with Crippen LogP contribution in [0.4, 0.5) is 0 Å². The van der Waals surface area contributed by atoms with Gasteiger partial charge in [0.2, 0.25) is 0 Å². The van der Waals surface area contributed by atoms with Crippen molar-refractivity contribution in [1.82, 2.24) is 4.90 Å². The Morgan fingerprint density at radius 1 is 1.00 bits per heavy atom. The van der Waals surface area contributed by atoms with E-state index >= 15 is 0 Å². The molecule has 0 aromatic heterocycles. The molecule has 1 aromatic rings. The number of amides is 1. The first-order valence-electron chi connectivity index (χ1n) is 7.95. The fraction of sp³-hybridized carbons (Fsp3) is 0.588. The van der Waals surface area contributed by atoms with E-state index < -0.39 is 0 Å². The quantitative estimate of drug-likeness (QED) is 0.797. The lowest BCUT2D eigenvalue weighted by atomic mass is 10.1. The lowest BCUT2D eigenvalue weighted by Crippen LogP contribution is -2.35. The first-order valence-corrected chi connectivity index (χ1v) is 7.95. The number of likely N-dealkylation sites (tertiary alicyclic amines) is 1. The van der Waals surface area contributed by atoms with Crippen LogP contribution < -0.4 is 9.47 Å². The van der Waals surface area contributed by atoms with Crippen molar-refractivity contribution >= 4 is 5.91 Å². The molecule has 2 heterocycles. The van der Waals surface area contributed by atoms with Crippen molar-refractivity contribution in [3.8, 4) is 11.5 Å². The summed E-state index contributed by atoms with van der Waals surface area (Å²) in [4.78, 5) is 14.5.